The number of rotatable bonds is 5. The number of ether oxygens (including phenoxy) is 1. The zero-order valence-electron chi connectivity index (χ0n) is 9.07. The SMILES string of the molecule is CSC(OC(=O)C(O)c1ccccc1)C(=O)O. The molecule has 2 atom stereocenters. The highest BCUT2D eigenvalue weighted by Crippen LogP contribution is 2.17. The lowest BCUT2D eigenvalue weighted by Crippen LogP contribution is -2.26. The molecule has 0 aliphatic heterocycles. The van der Waals surface area contributed by atoms with Crippen molar-refractivity contribution in [1.82, 2.24) is 0 Å². The number of hydrogen-bond donors (Lipinski definition) is 2. The third-order valence-electron chi connectivity index (χ3n) is 1.98. The summed E-state index contributed by atoms with van der Waals surface area (Å²) in [5.74, 6) is -2.23. The molecule has 0 radical (unpaired) electrons. The van der Waals surface area contributed by atoms with E-state index in [-0.39, 0.29) is 0 Å². The summed E-state index contributed by atoms with van der Waals surface area (Å²) >= 11 is 0.865. The van der Waals surface area contributed by atoms with Crippen molar-refractivity contribution in [3.05, 3.63) is 35.9 Å². The molecule has 0 bridgehead atoms. The molecule has 1 aromatic rings. The maximum atomic E-state index is 11.5. The van der Waals surface area contributed by atoms with Gasteiger partial charge in [0, 0.05) is 0 Å². The molecule has 0 saturated heterocycles. The standard InChI is InChI=1S/C11H12O5S/c1-17-11(9(13)14)16-10(15)8(12)7-5-3-2-4-6-7/h2-6,8,11-12H,1H3,(H,13,14). The molecule has 6 heteroatoms. The van der Waals surface area contributed by atoms with Crippen LogP contribution in [0.3, 0.4) is 0 Å². The highest BCUT2D eigenvalue weighted by atomic mass is 32.2. The van der Waals surface area contributed by atoms with E-state index in [0.717, 1.165) is 11.8 Å². The minimum absolute atomic E-state index is 0.364. The van der Waals surface area contributed by atoms with Crippen LogP contribution in [-0.4, -0.2) is 33.8 Å². The molecule has 17 heavy (non-hydrogen) atoms. The number of carbonyl (C=O) groups excluding carboxylic acids is 1. The number of thioether (sulfide) groups is 1. The van der Waals surface area contributed by atoms with E-state index in [4.69, 9.17) is 5.11 Å². The Kier molecular flexibility index (Phi) is 4.99. The largest absolute Gasteiger partial charge is 0.478 e. The molecular formula is C11H12O5S. The summed E-state index contributed by atoms with van der Waals surface area (Å²) in [5, 5.41) is 18.3. The topological polar surface area (TPSA) is 83.8 Å². The van der Waals surface area contributed by atoms with Gasteiger partial charge in [0.1, 0.15) is 0 Å². The molecule has 1 aromatic carbocycles. The van der Waals surface area contributed by atoms with E-state index in [1.807, 2.05) is 0 Å². The zero-order chi connectivity index (χ0) is 12.8. The predicted molar refractivity (Wildman–Crippen MR) is 62.4 cm³/mol. The Balaban J connectivity index is 2.68. The van der Waals surface area contributed by atoms with Gasteiger partial charge in [0.25, 0.3) is 0 Å². The van der Waals surface area contributed by atoms with Crippen LogP contribution in [0.1, 0.15) is 11.7 Å². The molecule has 0 aliphatic rings. The summed E-state index contributed by atoms with van der Waals surface area (Å²) in [5.41, 5.74) is -0.941. The van der Waals surface area contributed by atoms with Gasteiger partial charge in [-0.3, -0.25) is 0 Å². The fourth-order valence-corrected chi connectivity index (χ4v) is 1.53. The van der Waals surface area contributed by atoms with Crippen LogP contribution in [0.5, 0.6) is 0 Å². The fourth-order valence-electron chi connectivity index (χ4n) is 1.14. The summed E-state index contributed by atoms with van der Waals surface area (Å²) in [6, 6.07) is 8.18. The monoisotopic (exact) mass is 256 g/mol. The van der Waals surface area contributed by atoms with E-state index < -0.39 is 23.5 Å². The lowest BCUT2D eigenvalue weighted by molar-refractivity contribution is -0.164. The molecular weight excluding hydrogens is 244 g/mol. The second kappa shape index (κ2) is 6.27. The Morgan fingerprint density at radius 2 is 1.88 bits per heavy atom. The predicted octanol–water partition coefficient (Wildman–Crippen LogP) is 1.04. The van der Waals surface area contributed by atoms with Gasteiger partial charge in [0.05, 0.1) is 0 Å². The highest BCUT2D eigenvalue weighted by molar-refractivity contribution is 7.99. The van der Waals surface area contributed by atoms with E-state index >= 15 is 0 Å². The molecule has 0 amide bonds. The second-order valence-electron chi connectivity index (χ2n) is 3.16. The van der Waals surface area contributed by atoms with E-state index in [0.29, 0.717) is 5.56 Å². The van der Waals surface area contributed by atoms with Gasteiger partial charge in [-0.2, -0.15) is 0 Å². The number of aliphatic hydroxyl groups excluding tert-OH is 1. The summed E-state index contributed by atoms with van der Waals surface area (Å²) in [4.78, 5) is 22.1. The van der Waals surface area contributed by atoms with Gasteiger partial charge in [-0.05, 0) is 11.8 Å². The van der Waals surface area contributed by atoms with Crippen LogP contribution < -0.4 is 0 Å². The van der Waals surface area contributed by atoms with Gasteiger partial charge < -0.3 is 14.9 Å². The van der Waals surface area contributed by atoms with E-state index in [1.165, 1.54) is 6.26 Å². The normalized spacial score (nSPS) is 13.8. The number of aliphatic hydroxyl groups is 1. The number of hydrogen-bond acceptors (Lipinski definition) is 5. The van der Waals surface area contributed by atoms with Crippen LogP contribution >= 0.6 is 11.8 Å². The number of carboxylic acids is 1. The number of carbonyl (C=O) groups is 2. The van der Waals surface area contributed by atoms with E-state index in [2.05, 4.69) is 4.74 Å². The molecule has 0 fully saturated rings. The van der Waals surface area contributed by atoms with Gasteiger partial charge in [-0.1, -0.05) is 30.3 Å². The van der Waals surface area contributed by atoms with Crippen LogP contribution in [0.2, 0.25) is 0 Å². The molecule has 0 heterocycles. The average Bonchev–Trinajstić information content (AvgIpc) is 2.35. The van der Waals surface area contributed by atoms with Gasteiger partial charge in [0.15, 0.2) is 6.10 Å². The van der Waals surface area contributed by atoms with Crippen LogP contribution in [-0.2, 0) is 14.3 Å². The molecule has 92 valence electrons. The van der Waals surface area contributed by atoms with Gasteiger partial charge in [-0.15, -0.1) is 11.8 Å². The van der Waals surface area contributed by atoms with Crippen molar-refractivity contribution >= 4 is 23.7 Å². The van der Waals surface area contributed by atoms with E-state index in [1.54, 1.807) is 30.3 Å². The first-order valence-electron chi connectivity index (χ1n) is 4.75. The molecule has 0 spiro atoms. The first-order chi connectivity index (χ1) is 8.06. The first kappa shape index (κ1) is 13.5. The number of carboxylic acid groups (broad SMARTS) is 1. The van der Waals surface area contributed by atoms with E-state index in [9.17, 15) is 14.7 Å². The van der Waals surface area contributed by atoms with Crippen molar-refractivity contribution in [3.63, 3.8) is 0 Å². The third kappa shape index (κ3) is 3.76. The minimum Gasteiger partial charge on any atom is -0.478 e. The summed E-state index contributed by atoms with van der Waals surface area (Å²) in [6.45, 7) is 0. The summed E-state index contributed by atoms with van der Waals surface area (Å²) < 4.78 is 4.65. The Hall–Kier alpha value is -1.53. The summed E-state index contributed by atoms with van der Waals surface area (Å²) in [6.07, 6.45) is 0.0335. The van der Waals surface area contributed by atoms with Gasteiger partial charge >= 0.3 is 11.9 Å². The maximum Gasteiger partial charge on any atom is 0.355 e. The average molecular weight is 256 g/mol. The fraction of sp³-hybridized carbons (Fsp3) is 0.273. The molecule has 1 rings (SSSR count). The highest BCUT2D eigenvalue weighted by Gasteiger charge is 2.26. The molecule has 2 N–H and O–H groups in total. The van der Waals surface area contributed by atoms with Gasteiger partial charge in [0.2, 0.25) is 5.44 Å². The van der Waals surface area contributed by atoms with Crippen molar-refractivity contribution in [2.24, 2.45) is 0 Å². The maximum absolute atomic E-state index is 11.5. The number of esters is 1. The van der Waals surface area contributed by atoms with Crippen molar-refractivity contribution in [2.75, 3.05) is 6.26 Å². The molecule has 0 saturated carbocycles. The third-order valence-corrected chi connectivity index (χ3v) is 2.70. The lowest BCUT2D eigenvalue weighted by atomic mass is 10.1. The van der Waals surface area contributed by atoms with Crippen LogP contribution in [0, 0.1) is 0 Å². The van der Waals surface area contributed by atoms with Gasteiger partial charge in [-0.25, -0.2) is 9.59 Å². The smallest absolute Gasteiger partial charge is 0.355 e. The Bertz CT molecular complexity index is 392. The second-order valence-corrected chi connectivity index (χ2v) is 4.06. The summed E-state index contributed by atoms with van der Waals surface area (Å²) in [7, 11) is 0. The Morgan fingerprint density at radius 1 is 1.29 bits per heavy atom. The minimum atomic E-state index is -1.47. The molecule has 0 aliphatic carbocycles. The van der Waals surface area contributed by atoms with Crippen LogP contribution in [0.4, 0.5) is 0 Å². The zero-order valence-corrected chi connectivity index (χ0v) is 9.89. The van der Waals surface area contributed by atoms with Crippen LogP contribution in [0.25, 0.3) is 0 Å². The first-order valence-corrected chi connectivity index (χ1v) is 6.04. The number of benzene rings is 1. The lowest BCUT2D eigenvalue weighted by Gasteiger charge is -2.14. The van der Waals surface area contributed by atoms with Crippen molar-refractivity contribution < 1.29 is 24.5 Å². The molecule has 0 aromatic heterocycles. The number of aliphatic carboxylic acids is 1. The Morgan fingerprint density at radius 3 is 2.35 bits per heavy atom. The van der Waals surface area contributed by atoms with Crippen LogP contribution in [0.15, 0.2) is 30.3 Å². The molecule has 2 unspecified atom stereocenters. The van der Waals surface area contributed by atoms with Crippen molar-refractivity contribution in [1.29, 1.82) is 0 Å². The molecule has 5 nitrogen and oxygen atoms in total. The quantitative estimate of drug-likeness (QED) is 0.605. The van der Waals surface area contributed by atoms with Crippen molar-refractivity contribution in [2.45, 2.75) is 11.5 Å². The van der Waals surface area contributed by atoms with Crippen molar-refractivity contribution in [3.8, 4) is 0 Å². The Labute approximate surface area is 102 Å².